The highest BCUT2D eigenvalue weighted by Crippen LogP contribution is 2.35. The third-order valence-corrected chi connectivity index (χ3v) is 14.4. The van der Waals surface area contributed by atoms with Crippen molar-refractivity contribution < 1.29 is 18.4 Å². The SMILES string of the molecule is O=C(CCC(=O)O[Si]c1cccc2cc3ccc4cc5cc6ccccc6cc5cc4c3cc12)O[Si]c1cccc2cc3ccc4cc5cc6ccccc6cc5cc4c3cc12. The van der Waals surface area contributed by atoms with Crippen molar-refractivity contribution >= 4 is 150 Å². The second-order valence-electron chi connectivity index (χ2n) is 16.2. The summed E-state index contributed by atoms with van der Waals surface area (Å²) < 4.78 is 11.6. The molecule has 6 heteroatoms. The number of carbonyl (C=O) groups is 2. The Hall–Kier alpha value is -7.39. The largest absolute Gasteiger partial charge is 0.511 e. The first kappa shape index (κ1) is 36.5. The normalized spacial score (nSPS) is 11.9. The van der Waals surface area contributed by atoms with E-state index in [0.717, 1.165) is 53.5 Å². The van der Waals surface area contributed by atoms with E-state index >= 15 is 0 Å². The van der Waals surface area contributed by atoms with E-state index in [2.05, 4.69) is 158 Å². The van der Waals surface area contributed by atoms with Gasteiger partial charge in [-0.25, -0.2) is 0 Å². The molecule has 12 rings (SSSR count). The molecule has 0 spiro atoms. The van der Waals surface area contributed by atoms with Crippen molar-refractivity contribution in [1.29, 1.82) is 0 Å². The quantitative estimate of drug-likeness (QED) is 0.0912. The second kappa shape index (κ2) is 14.7. The molecule has 290 valence electrons. The molecule has 0 aliphatic rings. The molecule has 0 aliphatic heterocycles. The fraction of sp³-hybridized carbons (Fsp3) is 0.0357. The van der Waals surface area contributed by atoms with Crippen LogP contribution < -0.4 is 10.4 Å². The van der Waals surface area contributed by atoms with Gasteiger partial charge in [-0.15, -0.1) is 0 Å². The van der Waals surface area contributed by atoms with Crippen LogP contribution in [0.15, 0.2) is 182 Å². The van der Waals surface area contributed by atoms with Crippen molar-refractivity contribution in [2.24, 2.45) is 0 Å². The first-order valence-corrected chi connectivity index (χ1v) is 22.6. The number of carbonyl (C=O) groups excluding carboxylic acids is 2. The van der Waals surface area contributed by atoms with Gasteiger partial charge < -0.3 is 8.85 Å². The summed E-state index contributed by atoms with van der Waals surface area (Å²) in [5.74, 6) is -0.843. The number of hydrogen-bond acceptors (Lipinski definition) is 4. The summed E-state index contributed by atoms with van der Waals surface area (Å²) in [7, 11) is -0.390. The number of benzene rings is 12. The van der Waals surface area contributed by atoms with Crippen LogP contribution in [0.3, 0.4) is 0 Å². The molecule has 0 atom stereocenters. The minimum absolute atomic E-state index is 0.0498. The van der Waals surface area contributed by atoms with Gasteiger partial charge in [0.1, 0.15) is 0 Å². The lowest BCUT2D eigenvalue weighted by Gasteiger charge is -2.12. The maximum Gasteiger partial charge on any atom is 0.355 e. The third kappa shape index (κ3) is 6.43. The monoisotopic (exact) mass is 826 g/mol. The zero-order valence-corrected chi connectivity index (χ0v) is 35.4. The van der Waals surface area contributed by atoms with E-state index in [1.54, 1.807) is 0 Å². The van der Waals surface area contributed by atoms with Gasteiger partial charge in [0.2, 0.25) is 0 Å². The molecular weight excluding hydrogens is 793 g/mol. The van der Waals surface area contributed by atoms with Crippen molar-refractivity contribution in [3.63, 3.8) is 0 Å². The molecule has 0 heterocycles. The van der Waals surface area contributed by atoms with E-state index in [4.69, 9.17) is 8.85 Å². The van der Waals surface area contributed by atoms with Crippen LogP contribution in [0.1, 0.15) is 12.8 Å². The standard InChI is InChI=1S/C56H34O4Si2/c57-55(59-61-53-13-5-11-37-25-39-15-17-41-27-43-21-33-7-1-3-9-35(33)23-45(43)29-47(41)49(39)31-51(37)53)19-20-56(58)60-62-54-14-6-12-38-26-40-16-18-42-28-44-22-34-8-2-4-10-36(34)24-46(44)30-48(42)50(40)32-52(38)54/h1-18,21-32H,19-20H2. The van der Waals surface area contributed by atoms with Gasteiger partial charge >= 0.3 is 19.5 Å². The Morgan fingerprint density at radius 1 is 0.290 bits per heavy atom. The van der Waals surface area contributed by atoms with Gasteiger partial charge in [0.15, 0.2) is 0 Å². The highest BCUT2D eigenvalue weighted by Gasteiger charge is 2.16. The van der Waals surface area contributed by atoms with Crippen LogP contribution in [0.2, 0.25) is 0 Å². The Balaban J connectivity index is 0.752. The molecule has 12 aromatic carbocycles. The molecule has 0 bridgehead atoms. The molecule has 4 radical (unpaired) electrons. The summed E-state index contributed by atoms with van der Waals surface area (Å²) in [6.07, 6.45) is -0.0996. The number of hydrogen-bond donors (Lipinski definition) is 0. The lowest BCUT2D eigenvalue weighted by Crippen LogP contribution is -2.24. The van der Waals surface area contributed by atoms with E-state index in [1.165, 1.54) is 64.6 Å². The highest BCUT2D eigenvalue weighted by molar-refractivity contribution is 6.54. The molecule has 0 unspecified atom stereocenters. The summed E-state index contributed by atoms with van der Waals surface area (Å²) in [5.41, 5.74) is 0. The predicted molar refractivity (Wildman–Crippen MR) is 260 cm³/mol. The van der Waals surface area contributed by atoms with Crippen molar-refractivity contribution in [2.45, 2.75) is 12.8 Å². The van der Waals surface area contributed by atoms with E-state index < -0.39 is 11.9 Å². The van der Waals surface area contributed by atoms with Crippen molar-refractivity contribution in [3.8, 4) is 0 Å². The van der Waals surface area contributed by atoms with Crippen LogP contribution in [0, 0.1) is 0 Å². The average molecular weight is 827 g/mol. The maximum atomic E-state index is 13.1. The Labute approximate surface area is 361 Å². The van der Waals surface area contributed by atoms with Crippen LogP contribution in [0.5, 0.6) is 0 Å². The zero-order chi connectivity index (χ0) is 41.3. The Bertz CT molecular complexity index is 3620. The highest BCUT2D eigenvalue weighted by atomic mass is 28.2. The smallest absolute Gasteiger partial charge is 0.355 e. The zero-order valence-electron chi connectivity index (χ0n) is 33.4. The van der Waals surface area contributed by atoms with Gasteiger partial charge in [-0.05, 0) is 191 Å². The van der Waals surface area contributed by atoms with Crippen LogP contribution in [-0.4, -0.2) is 31.5 Å². The van der Waals surface area contributed by atoms with Crippen molar-refractivity contribution in [1.82, 2.24) is 0 Å². The number of rotatable bonds is 7. The van der Waals surface area contributed by atoms with Gasteiger partial charge in [0.25, 0.3) is 11.9 Å². The topological polar surface area (TPSA) is 52.6 Å². The number of fused-ring (bicyclic) bond motifs is 12. The van der Waals surface area contributed by atoms with Crippen molar-refractivity contribution in [2.75, 3.05) is 0 Å². The Morgan fingerprint density at radius 3 is 0.968 bits per heavy atom. The fourth-order valence-corrected chi connectivity index (χ4v) is 10.9. The van der Waals surface area contributed by atoms with Crippen LogP contribution in [0.25, 0.3) is 108 Å². The molecule has 4 nitrogen and oxygen atoms in total. The van der Waals surface area contributed by atoms with Gasteiger partial charge in [0.05, 0.1) is 12.8 Å². The van der Waals surface area contributed by atoms with Crippen LogP contribution in [0.4, 0.5) is 0 Å². The Morgan fingerprint density at radius 2 is 0.581 bits per heavy atom. The van der Waals surface area contributed by atoms with Gasteiger partial charge in [-0.1, -0.05) is 109 Å². The molecule has 12 aromatic rings. The lowest BCUT2D eigenvalue weighted by atomic mass is 9.95. The van der Waals surface area contributed by atoms with Gasteiger partial charge in [-0.2, -0.15) is 0 Å². The molecule has 0 saturated carbocycles. The fourth-order valence-electron chi connectivity index (χ4n) is 9.26. The average Bonchev–Trinajstić information content (AvgIpc) is 3.30. The summed E-state index contributed by atoms with van der Waals surface area (Å²) in [5, 5.41) is 25.3. The van der Waals surface area contributed by atoms with Crippen LogP contribution >= 0.6 is 0 Å². The van der Waals surface area contributed by atoms with Crippen LogP contribution in [-0.2, 0) is 18.4 Å². The second-order valence-corrected chi connectivity index (χ2v) is 18.1. The lowest BCUT2D eigenvalue weighted by molar-refractivity contribution is -0.140. The molecule has 0 aromatic heterocycles. The molecule has 62 heavy (non-hydrogen) atoms. The van der Waals surface area contributed by atoms with Gasteiger partial charge in [0, 0.05) is 0 Å². The first-order valence-electron chi connectivity index (χ1n) is 20.8. The summed E-state index contributed by atoms with van der Waals surface area (Å²) >= 11 is 0. The Kier molecular flexibility index (Phi) is 8.62. The van der Waals surface area contributed by atoms with Crippen molar-refractivity contribution in [3.05, 3.63) is 182 Å². The molecule has 0 N–H and O–H groups in total. The molecular formula is C56H34O4Si2. The maximum absolute atomic E-state index is 13.1. The molecule has 0 amide bonds. The van der Waals surface area contributed by atoms with E-state index in [9.17, 15) is 9.59 Å². The van der Waals surface area contributed by atoms with E-state index in [1.807, 2.05) is 24.3 Å². The first-order chi connectivity index (χ1) is 30.5. The van der Waals surface area contributed by atoms with E-state index in [0.29, 0.717) is 0 Å². The molecule has 0 saturated heterocycles. The third-order valence-electron chi connectivity index (χ3n) is 12.4. The van der Waals surface area contributed by atoms with E-state index in [-0.39, 0.29) is 32.4 Å². The predicted octanol–water partition coefficient (Wildman–Crippen LogP) is 12.3. The summed E-state index contributed by atoms with van der Waals surface area (Å²) in [6.45, 7) is 0. The molecule has 0 aliphatic carbocycles. The minimum atomic E-state index is -0.422. The molecule has 0 fully saturated rings. The minimum Gasteiger partial charge on any atom is -0.511 e. The summed E-state index contributed by atoms with van der Waals surface area (Å²) in [6, 6.07) is 65.0. The summed E-state index contributed by atoms with van der Waals surface area (Å²) in [4.78, 5) is 26.1. The van der Waals surface area contributed by atoms with Gasteiger partial charge in [-0.3, -0.25) is 9.59 Å².